The second kappa shape index (κ2) is 2.14. The molecule has 7 nitrogen and oxygen atoms in total. The van der Waals surface area contributed by atoms with Crippen LogP contribution in [0.5, 0.6) is 0 Å². The topological polar surface area (TPSA) is 99.1 Å². The third-order valence-corrected chi connectivity index (χ3v) is 1.80. The summed E-state index contributed by atoms with van der Waals surface area (Å²) >= 11 is 0. The highest BCUT2D eigenvalue weighted by atomic mass is 32.3. The molecule has 1 N–H and O–H groups in total. The monoisotopic (exact) mass is 184 g/mol. The highest BCUT2D eigenvalue weighted by molar-refractivity contribution is 7.82. The summed E-state index contributed by atoms with van der Waals surface area (Å²) in [5.41, 5.74) is 0. The Bertz CT molecular complexity index is 264. The number of carboxylic acid groups (broad SMARTS) is 1. The summed E-state index contributed by atoms with van der Waals surface area (Å²) in [5, 5.41) is 8.28. The molecule has 1 aliphatic heterocycles. The predicted octanol–water partition coefficient (Wildman–Crippen LogP) is -1.34. The van der Waals surface area contributed by atoms with Crippen molar-refractivity contribution in [2.24, 2.45) is 0 Å². The van der Waals surface area contributed by atoms with Crippen molar-refractivity contribution in [1.29, 1.82) is 0 Å². The summed E-state index contributed by atoms with van der Waals surface area (Å²) in [6, 6.07) is 0. The third kappa shape index (κ3) is 1.20. The number of carbonyl (C=O) groups is 1. The first-order valence-electron chi connectivity index (χ1n) is 2.37. The van der Waals surface area contributed by atoms with Crippen molar-refractivity contribution >= 4 is 16.4 Å². The molecular formula is C3H4O7S. The Balaban J connectivity index is 2.80. The molecule has 1 saturated heterocycles. The first-order valence-corrected chi connectivity index (χ1v) is 3.70. The maximum Gasteiger partial charge on any atom is 0.418 e. The van der Waals surface area contributed by atoms with Gasteiger partial charge in [-0.25, -0.2) is 4.79 Å². The lowest BCUT2D eigenvalue weighted by atomic mass is 10.6. The fraction of sp³-hybridized carbons (Fsp3) is 0.667. The van der Waals surface area contributed by atoms with Crippen LogP contribution in [0.1, 0.15) is 0 Å². The largest absolute Gasteiger partial charge is 0.475 e. The van der Waals surface area contributed by atoms with Gasteiger partial charge in [-0.05, 0) is 0 Å². The SMILES string of the molecule is COC1(C(=O)O)OS(=O)(=O)O1. The Hall–Kier alpha value is -0.700. The molecule has 0 bridgehead atoms. The van der Waals surface area contributed by atoms with Gasteiger partial charge in [0.25, 0.3) is 0 Å². The average molecular weight is 184 g/mol. The molecule has 11 heavy (non-hydrogen) atoms. The molecule has 0 unspecified atom stereocenters. The van der Waals surface area contributed by atoms with Crippen molar-refractivity contribution in [3.8, 4) is 0 Å². The van der Waals surface area contributed by atoms with E-state index in [9.17, 15) is 13.2 Å². The Morgan fingerprint density at radius 3 is 2.09 bits per heavy atom. The molecule has 1 aliphatic rings. The highest BCUT2D eigenvalue weighted by Crippen LogP contribution is 2.31. The summed E-state index contributed by atoms with van der Waals surface area (Å²) in [6.07, 6.45) is 0. The van der Waals surface area contributed by atoms with Gasteiger partial charge in [0.15, 0.2) is 0 Å². The van der Waals surface area contributed by atoms with Crippen LogP contribution in [0.15, 0.2) is 0 Å². The number of rotatable bonds is 2. The van der Waals surface area contributed by atoms with E-state index >= 15 is 0 Å². The molecule has 0 spiro atoms. The molecule has 1 heterocycles. The first-order chi connectivity index (χ1) is 4.92. The van der Waals surface area contributed by atoms with E-state index < -0.39 is 22.3 Å². The molecule has 0 saturated carbocycles. The number of methoxy groups -OCH3 is 1. The highest BCUT2D eigenvalue weighted by Gasteiger charge is 2.60. The Morgan fingerprint density at radius 2 is 2.00 bits per heavy atom. The van der Waals surface area contributed by atoms with Gasteiger partial charge in [0.1, 0.15) is 0 Å². The molecule has 0 aromatic rings. The molecular weight excluding hydrogens is 180 g/mol. The van der Waals surface area contributed by atoms with Crippen LogP contribution >= 0.6 is 0 Å². The Labute approximate surface area is 61.8 Å². The van der Waals surface area contributed by atoms with Crippen molar-refractivity contribution in [1.82, 2.24) is 0 Å². The molecule has 1 fully saturated rings. The van der Waals surface area contributed by atoms with Crippen LogP contribution in [0.2, 0.25) is 0 Å². The van der Waals surface area contributed by atoms with Gasteiger partial charge < -0.3 is 9.84 Å². The van der Waals surface area contributed by atoms with Crippen LogP contribution in [0.25, 0.3) is 0 Å². The number of hydrogen-bond donors (Lipinski definition) is 1. The summed E-state index contributed by atoms with van der Waals surface area (Å²) < 4.78 is 32.2. The van der Waals surface area contributed by atoms with Crippen LogP contribution in [0.4, 0.5) is 0 Å². The second-order valence-corrected chi connectivity index (χ2v) is 2.79. The zero-order chi connectivity index (χ0) is 8.70. The smallest absolute Gasteiger partial charge is 0.418 e. The van der Waals surface area contributed by atoms with Crippen molar-refractivity contribution < 1.29 is 31.4 Å². The van der Waals surface area contributed by atoms with Crippen LogP contribution < -0.4 is 0 Å². The van der Waals surface area contributed by atoms with E-state index in [2.05, 4.69) is 13.1 Å². The zero-order valence-electron chi connectivity index (χ0n) is 5.30. The average Bonchev–Trinajstić information content (AvgIpc) is 1.81. The molecule has 0 radical (unpaired) electrons. The van der Waals surface area contributed by atoms with Gasteiger partial charge >= 0.3 is 22.3 Å². The summed E-state index contributed by atoms with van der Waals surface area (Å²) in [4.78, 5) is 10.2. The molecule has 1 rings (SSSR count). The quantitative estimate of drug-likeness (QED) is 0.567. The fourth-order valence-electron chi connectivity index (χ4n) is 0.502. The maximum absolute atomic E-state index is 10.2. The minimum Gasteiger partial charge on any atom is -0.475 e. The molecule has 0 aromatic carbocycles. The molecule has 8 heteroatoms. The van der Waals surface area contributed by atoms with Gasteiger partial charge in [-0.2, -0.15) is 16.8 Å². The van der Waals surface area contributed by atoms with Gasteiger partial charge in [0, 0.05) is 7.11 Å². The van der Waals surface area contributed by atoms with Gasteiger partial charge in [-0.3, -0.25) is 0 Å². The minimum absolute atomic E-state index is 0.947. The van der Waals surface area contributed by atoms with Crippen molar-refractivity contribution in [2.45, 2.75) is 5.97 Å². The van der Waals surface area contributed by atoms with Crippen LogP contribution in [0.3, 0.4) is 0 Å². The lowest BCUT2D eigenvalue weighted by Crippen LogP contribution is -2.57. The normalized spacial score (nSPS) is 25.5. The van der Waals surface area contributed by atoms with E-state index in [0.29, 0.717) is 0 Å². The van der Waals surface area contributed by atoms with E-state index in [1.165, 1.54) is 0 Å². The van der Waals surface area contributed by atoms with Crippen molar-refractivity contribution in [3.63, 3.8) is 0 Å². The standard InChI is InChI=1S/C3H4O7S/c1-8-3(2(4)5)9-11(6,7)10-3/h1H3,(H,4,5). The lowest BCUT2D eigenvalue weighted by Gasteiger charge is -2.32. The Morgan fingerprint density at radius 1 is 1.55 bits per heavy atom. The summed E-state index contributed by atoms with van der Waals surface area (Å²) in [5.74, 6) is -4.13. The van der Waals surface area contributed by atoms with E-state index in [0.717, 1.165) is 7.11 Å². The predicted molar refractivity (Wildman–Crippen MR) is 28.5 cm³/mol. The number of hydrogen-bond acceptors (Lipinski definition) is 6. The fourth-order valence-corrected chi connectivity index (χ4v) is 1.33. The molecule has 0 amide bonds. The zero-order valence-corrected chi connectivity index (χ0v) is 6.12. The van der Waals surface area contributed by atoms with Gasteiger partial charge in [-0.15, -0.1) is 0 Å². The van der Waals surface area contributed by atoms with Crippen molar-refractivity contribution in [3.05, 3.63) is 0 Å². The van der Waals surface area contributed by atoms with E-state index in [-0.39, 0.29) is 0 Å². The van der Waals surface area contributed by atoms with Gasteiger partial charge in [0.05, 0.1) is 0 Å². The summed E-state index contributed by atoms with van der Waals surface area (Å²) in [6.45, 7) is 0. The number of aliphatic carboxylic acids is 1. The second-order valence-electron chi connectivity index (χ2n) is 1.64. The van der Waals surface area contributed by atoms with E-state index in [4.69, 9.17) is 5.11 Å². The van der Waals surface area contributed by atoms with E-state index in [1.807, 2.05) is 0 Å². The molecule has 64 valence electrons. The third-order valence-electron chi connectivity index (χ3n) is 0.954. The van der Waals surface area contributed by atoms with Gasteiger partial charge in [-0.1, -0.05) is 0 Å². The summed E-state index contributed by atoms with van der Waals surface area (Å²) in [7, 11) is -3.20. The van der Waals surface area contributed by atoms with Crippen molar-refractivity contribution in [2.75, 3.05) is 7.11 Å². The van der Waals surface area contributed by atoms with E-state index in [1.54, 1.807) is 0 Å². The maximum atomic E-state index is 10.2. The number of carboxylic acids is 1. The molecule has 0 atom stereocenters. The van der Waals surface area contributed by atoms with Crippen LogP contribution in [-0.4, -0.2) is 32.6 Å². The lowest BCUT2D eigenvalue weighted by molar-refractivity contribution is -0.324. The van der Waals surface area contributed by atoms with Crippen LogP contribution in [0, 0.1) is 0 Å². The number of ether oxygens (including phenoxy) is 1. The Kier molecular flexibility index (Phi) is 1.63. The first kappa shape index (κ1) is 8.40. The molecule has 0 aromatic heterocycles. The minimum atomic E-state index is -4.15. The van der Waals surface area contributed by atoms with Crippen LogP contribution in [-0.2, 0) is 28.3 Å². The van der Waals surface area contributed by atoms with Gasteiger partial charge in [0.2, 0.25) is 0 Å². The molecule has 0 aliphatic carbocycles.